The van der Waals surface area contributed by atoms with Gasteiger partial charge in [-0.2, -0.15) is 5.10 Å². The minimum atomic E-state index is -0.506. The maximum atomic E-state index is 12.0. The van der Waals surface area contributed by atoms with Crippen LogP contribution in [0.1, 0.15) is 23.6 Å². The summed E-state index contributed by atoms with van der Waals surface area (Å²) in [5.74, 6) is 0.366. The quantitative estimate of drug-likeness (QED) is 0.187. The molecule has 3 aromatic carbocycles. The van der Waals surface area contributed by atoms with E-state index in [1.54, 1.807) is 20.1 Å². The molecule has 0 aliphatic carbocycles. The van der Waals surface area contributed by atoms with Crippen LogP contribution in [0.25, 0.3) is 6.08 Å². The third-order valence-corrected chi connectivity index (χ3v) is 4.94. The maximum Gasteiger partial charge on any atom is 0.270 e. The van der Waals surface area contributed by atoms with Gasteiger partial charge in [-0.05, 0) is 54.5 Å². The van der Waals surface area contributed by atoms with Crippen molar-refractivity contribution in [2.75, 3.05) is 12.4 Å². The SMILES string of the molecule is COc1ccc(/C=C/C(=O)N/N=C(\C)c2ccc(NCc3cc([N+](=O)[O-])ccc3O)cc2)cc1. The summed E-state index contributed by atoms with van der Waals surface area (Å²) in [6.45, 7) is 1.99. The zero-order chi connectivity index (χ0) is 24.5. The Kier molecular flexibility index (Phi) is 7.96. The average Bonchev–Trinajstić information content (AvgIpc) is 2.86. The highest BCUT2D eigenvalue weighted by molar-refractivity contribution is 6.00. The van der Waals surface area contributed by atoms with E-state index in [4.69, 9.17) is 4.74 Å². The smallest absolute Gasteiger partial charge is 0.270 e. The number of nitrogens with zero attached hydrogens (tertiary/aromatic N) is 2. The van der Waals surface area contributed by atoms with Gasteiger partial charge in [0.25, 0.3) is 11.6 Å². The molecule has 9 heteroatoms. The van der Waals surface area contributed by atoms with Crippen molar-refractivity contribution in [1.82, 2.24) is 5.43 Å². The van der Waals surface area contributed by atoms with Crippen molar-refractivity contribution in [2.24, 2.45) is 5.10 Å². The van der Waals surface area contributed by atoms with E-state index in [1.807, 2.05) is 48.5 Å². The number of hydrazone groups is 1. The number of ether oxygens (including phenoxy) is 1. The molecular weight excluding hydrogens is 436 g/mol. The fraction of sp³-hybridized carbons (Fsp3) is 0.120. The van der Waals surface area contributed by atoms with Crippen LogP contribution in [0.3, 0.4) is 0 Å². The van der Waals surface area contributed by atoms with E-state index in [1.165, 1.54) is 24.3 Å². The first kappa shape index (κ1) is 24.0. The topological polar surface area (TPSA) is 126 Å². The summed E-state index contributed by atoms with van der Waals surface area (Å²) < 4.78 is 5.10. The lowest BCUT2D eigenvalue weighted by Gasteiger charge is -2.09. The van der Waals surface area contributed by atoms with E-state index in [0.29, 0.717) is 11.3 Å². The molecule has 0 bridgehead atoms. The van der Waals surface area contributed by atoms with Crippen LogP contribution < -0.4 is 15.5 Å². The number of hydrogen-bond donors (Lipinski definition) is 3. The molecule has 0 saturated heterocycles. The highest BCUT2D eigenvalue weighted by Gasteiger charge is 2.10. The predicted molar refractivity (Wildman–Crippen MR) is 131 cm³/mol. The number of anilines is 1. The molecule has 0 aliphatic rings. The normalized spacial score (nSPS) is 11.3. The Morgan fingerprint density at radius 3 is 2.47 bits per heavy atom. The Morgan fingerprint density at radius 1 is 1.12 bits per heavy atom. The van der Waals surface area contributed by atoms with Crippen LogP contribution in [0.5, 0.6) is 11.5 Å². The van der Waals surface area contributed by atoms with Crippen molar-refractivity contribution in [3.05, 3.63) is 99.6 Å². The maximum absolute atomic E-state index is 12.0. The Bertz CT molecular complexity index is 1220. The lowest BCUT2D eigenvalue weighted by molar-refractivity contribution is -0.384. The van der Waals surface area contributed by atoms with Crippen LogP contribution in [0.2, 0.25) is 0 Å². The van der Waals surface area contributed by atoms with Crippen LogP contribution in [0.15, 0.2) is 77.9 Å². The van der Waals surface area contributed by atoms with Gasteiger partial charge in [-0.1, -0.05) is 24.3 Å². The molecule has 0 aromatic heterocycles. The zero-order valence-corrected chi connectivity index (χ0v) is 18.7. The molecule has 0 aliphatic heterocycles. The van der Waals surface area contributed by atoms with Crippen LogP contribution in [-0.4, -0.2) is 28.8 Å². The van der Waals surface area contributed by atoms with Crippen molar-refractivity contribution in [3.63, 3.8) is 0 Å². The van der Waals surface area contributed by atoms with E-state index >= 15 is 0 Å². The van der Waals surface area contributed by atoms with Gasteiger partial charge < -0.3 is 15.2 Å². The van der Waals surface area contributed by atoms with Crippen LogP contribution in [0.4, 0.5) is 11.4 Å². The van der Waals surface area contributed by atoms with E-state index in [0.717, 1.165) is 22.6 Å². The number of hydrogen-bond acceptors (Lipinski definition) is 7. The van der Waals surface area contributed by atoms with E-state index < -0.39 is 4.92 Å². The standard InChI is InChI=1S/C25H24N4O5/c1-17(27-28-25(31)14-5-18-3-11-23(34-2)12-4-18)19-6-8-21(9-7-19)26-16-20-15-22(29(32)33)10-13-24(20)30/h3-15,26,30H,16H2,1-2H3,(H,28,31)/b14-5+,27-17+. The molecule has 0 atom stereocenters. The van der Waals surface area contributed by atoms with E-state index in [-0.39, 0.29) is 23.9 Å². The number of methoxy groups -OCH3 is 1. The third kappa shape index (κ3) is 6.67. The number of nitro benzene ring substituents is 1. The molecule has 0 fully saturated rings. The average molecular weight is 460 g/mol. The zero-order valence-electron chi connectivity index (χ0n) is 18.7. The number of carbonyl (C=O) groups is 1. The van der Waals surface area contributed by atoms with Crippen molar-refractivity contribution < 1.29 is 19.6 Å². The second-order valence-electron chi connectivity index (χ2n) is 7.28. The van der Waals surface area contributed by atoms with Gasteiger partial charge in [-0.15, -0.1) is 0 Å². The number of aromatic hydroxyl groups is 1. The Hall–Kier alpha value is -4.66. The molecular formula is C25H24N4O5. The largest absolute Gasteiger partial charge is 0.508 e. The number of benzene rings is 3. The number of nitro groups is 1. The first-order valence-corrected chi connectivity index (χ1v) is 10.3. The summed E-state index contributed by atoms with van der Waals surface area (Å²) in [4.78, 5) is 22.5. The monoisotopic (exact) mass is 460 g/mol. The summed E-state index contributed by atoms with van der Waals surface area (Å²) in [6.07, 6.45) is 3.08. The lowest BCUT2D eigenvalue weighted by Crippen LogP contribution is -2.16. The highest BCUT2D eigenvalue weighted by Crippen LogP contribution is 2.24. The summed E-state index contributed by atoms with van der Waals surface area (Å²) >= 11 is 0. The number of phenols is 1. The second kappa shape index (κ2) is 11.3. The van der Waals surface area contributed by atoms with Crippen molar-refractivity contribution in [3.8, 4) is 11.5 Å². The second-order valence-corrected chi connectivity index (χ2v) is 7.28. The molecule has 3 aromatic rings. The molecule has 174 valence electrons. The lowest BCUT2D eigenvalue weighted by atomic mass is 10.1. The number of amides is 1. The first-order valence-electron chi connectivity index (χ1n) is 10.3. The molecule has 3 rings (SSSR count). The summed E-state index contributed by atoms with van der Waals surface area (Å²) in [5, 5.41) is 28.1. The highest BCUT2D eigenvalue weighted by atomic mass is 16.6. The van der Waals surface area contributed by atoms with Crippen LogP contribution >= 0.6 is 0 Å². The fourth-order valence-electron chi connectivity index (χ4n) is 2.98. The van der Waals surface area contributed by atoms with Gasteiger partial charge in [-0.3, -0.25) is 14.9 Å². The van der Waals surface area contributed by atoms with Crippen LogP contribution in [-0.2, 0) is 11.3 Å². The molecule has 3 N–H and O–H groups in total. The van der Waals surface area contributed by atoms with Gasteiger partial charge in [0, 0.05) is 36.0 Å². The Morgan fingerprint density at radius 2 is 1.82 bits per heavy atom. The summed E-state index contributed by atoms with van der Waals surface area (Å²) in [5.41, 5.74) is 5.87. The van der Waals surface area contributed by atoms with Gasteiger partial charge in [0.2, 0.25) is 0 Å². The van der Waals surface area contributed by atoms with Gasteiger partial charge >= 0.3 is 0 Å². The number of rotatable bonds is 9. The number of nitrogens with one attached hydrogen (secondary N) is 2. The van der Waals surface area contributed by atoms with Crippen molar-refractivity contribution >= 4 is 29.1 Å². The fourth-order valence-corrected chi connectivity index (χ4v) is 2.98. The molecule has 0 unspecified atom stereocenters. The Labute approximate surface area is 196 Å². The molecule has 0 heterocycles. The molecule has 9 nitrogen and oxygen atoms in total. The van der Waals surface area contributed by atoms with E-state index in [9.17, 15) is 20.0 Å². The molecule has 0 saturated carbocycles. The van der Waals surface area contributed by atoms with Crippen LogP contribution in [0, 0.1) is 10.1 Å². The molecule has 1 amide bonds. The van der Waals surface area contributed by atoms with Gasteiger partial charge in [-0.25, -0.2) is 5.43 Å². The molecule has 0 spiro atoms. The minimum absolute atomic E-state index is 0.0190. The van der Waals surface area contributed by atoms with Gasteiger partial charge in [0.15, 0.2) is 0 Å². The van der Waals surface area contributed by atoms with Gasteiger partial charge in [0.05, 0.1) is 17.7 Å². The molecule has 34 heavy (non-hydrogen) atoms. The number of phenolic OH excluding ortho intramolecular Hbond substituents is 1. The number of carbonyl (C=O) groups excluding carboxylic acids is 1. The first-order chi connectivity index (χ1) is 16.4. The molecule has 0 radical (unpaired) electrons. The Balaban J connectivity index is 1.55. The van der Waals surface area contributed by atoms with Crippen molar-refractivity contribution in [2.45, 2.75) is 13.5 Å². The number of non-ortho nitro benzene ring substituents is 1. The van der Waals surface area contributed by atoms with Gasteiger partial charge in [0.1, 0.15) is 11.5 Å². The predicted octanol–water partition coefficient (Wildman–Crippen LogP) is 4.47. The summed E-state index contributed by atoms with van der Waals surface area (Å²) in [7, 11) is 1.59. The van der Waals surface area contributed by atoms with E-state index in [2.05, 4.69) is 15.8 Å². The minimum Gasteiger partial charge on any atom is -0.508 e. The van der Waals surface area contributed by atoms with Crippen molar-refractivity contribution in [1.29, 1.82) is 0 Å². The summed E-state index contributed by atoms with van der Waals surface area (Å²) in [6, 6.07) is 18.5. The third-order valence-electron chi connectivity index (χ3n) is 4.94.